The first-order valence-corrected chi connectivity index (χ1v) is 9.36. The molecule has 0 unspecified atom stereocenters. The monoisotopic (exact) mass is 336 g/mol. The molecule has 1 aliphatic carbocycles. The second-order valence-electron chi connectivity index (χ2n) is 7.04. The van der Waals surface area contributed by atoms with Crippen LogP contribution in [0.5, 0.6) is 0 Å². The van der Waals surface area contributed by atoms with E-state index in [-0.39, 0.29) is 11.4 Å². The Morgan fingerprint density at radius 1 is 1.39 bits per heavy atom. The van der Waals surface area contributed by atoms with Crippen molar-refractivity contribution in [2.24, 2.45) is 0 Å². The third-order valence-electron chi connectivity index (χ3n) is 5.59. The average molecular weight is 336 g/mol. The lowest BCUT2D eigenvalue weighted by atomic mass is 9.77. The van der Waals surface area contributed by atoms with Crippen molar-refractivity contribution >= 4 is 17.4 Å². The lowest BCUT2D eigenvalue weighted by Crippen LogP contribution is -2.67. The fraction of sp³-hybridized carbons (Fsp3) is 0.812. The molecule has 1 atom stereocenters. The molecule has 3 aliphatic rings. The minimum atomic E-state index is 0.0957. The summed E-state index contributed by atoms with van der Waals surface area (Å²) >= 11 is 1.41. The fourth-order valence-corrected chi connectivity index (χ4v) is 4.80. The molecule has 0 bridgehead atoms. The first-order chi connectivity index (χ1) is 11.2. The predicted octanol–water partition coefficient (Wildman–Crippen LogP) is 1.74. The zero-order chi connectivity index (χ0) is 15.9. The van der Waals surface area contributed by atoms with E-state index in [4.69, 9.17) is 4.74 Å². The second-order valence-corrected chi connectivity index (χ2v) is 7.83. The number of hydrogen-bond donors (Lipinski definition) is 0. The number of piperidine rings is 1. The van der Waals surface area contributed by atoms with Gasteiger partial charge in [0.2, 0.25) is 0 Å². The standard InChI is InChI=1S/C16H24N4O2S/c1-22-10-9-20-8-6-16(20)5-2-7-19(11-16)15(21)13-14(12-3-4-12)23-18-17-13/h12H,2-11H2,1H3/t16-/m1/s1. The van der Waals surface area contributed by atoms with Crippen molar-refractivity contribution in [3.05, 3.63) is 10.6 Å². The molecular formula is C16H24N4O2S. The van der Waals surface area contributed by atoms with Crippen LogP contribution >= 0.6 is 11.5 Å². The van der Waals surface area contributed by atoms with E-state index in [9.17, 15) is 4.79 Å². The Labute approximate surface area is 141 Å². The molecule has 4 rings (SSSR count). The third kappa shape index (κ3) is 2.79. The molecule has 2 saturated heterocycles. The molecule has 6 nitrogen and oxygen atoms in total. The van der Waals surface area contributed by atoms with Crippen molar-refractivity contribution in [2.75, 3.05) is 39.9 Å². The van der Waals surface area contributed by atoms with Gasteiger partial charge in [0.1, 0.15) is 0 Å². The molecule has 1 spiro atoms. The molecule has 126 valence electrons. The van der Waals surface area contributed by atoms with Crippen LogP contribution in [0.2, 0.25) is 0 Å². The van der Waals surface area contributed by atoms with Gasteiger partial charge in [0.15, 0.2) is 5.69 Å². The Hall–Kier alpha value is -1.05. The van der Waals surface area contributed by atoms with Crippen LogP contribution in [0.15, 0.2) is 0 Å². The summed E-state index contributed by atoms with van der Waals surface area (Å²) in [6, 6.07) is 0. The average Bonchev–Trinajstić information content (AvgIpc) is 3.30. The van der Waals surface area contributed by atoms with Crippen molar-refractivity contribution in [3.8, 4) is 0 Å². The molecule has 0 N–H and O–H groups in total. The van der Waals surface area contributed by atoms with Crippen LogP contribution in [0, 0.1) is 0 Å². The van der Waals surface area contributed by atoms with E-state index in [0.717, 1.165) is 44.1 Å². The van der Waals surface area contributed by atoms with Gasteiger partial charge in [0.05, 0.1) is 11.5 Å². The van der Waals surface area contributed by atoms with Crippen molar-refractivity contribution < 1.29 is 9.53 Å². The lowest BCUT2D eigenvalue weighted by Gasteiger charge is -2.57. The van der Waals surface area contributed by atoms with Crippen LogP contribution < -0.4 is 0 Å². The molecule has 0 radical (unpaired) electrons. The molecule has 7 heteroatoms. The fourth-order valence-electron chi connectivity index (χ4n) is 3.99. The minimum absolute atomic E-state index is 0.0957. The maximum Gasteiger partial charge on any atom is 0.275 e. The summed E-state index contributed by atoms with van der Waals surface area (Å²) < 4.78 is 9.27. The Balaban J connectivity index is 1.46. The topological polar surface area (TPSA) is 58.6 Å². The van der Waals surface area contributed by atoms with E-state index in [0.29, 0.717) is 11.6 Å². The van der Waals surface area contributed by atoms with Gasteiger partial charge in [0.25, 0.3) is 5.91 Å². The van der Waals surface area contributed by atoms with Gasteiger partial charge in [-0.3, -0.25) is 9.69 Å². The zero-order valence-corrected chi connectivity index (χ0v) is 14.5. The zero-order valence-electron chi connectivity index (χ0n) is 13.7. The van der Waals surface area contributed by atoms with Gasteiger partial charge >= 0.3 is 0 Å². The molecule has 3 heterocycles. The van der Waals surface area contributed by atoms with Gasteiger partial charge in [-0.2, -0.15) is 0 Å². The molecule has 1 saturated carbocycles. The van der Waals surface area contributed by atoms with Gasteiger partial charge in [0, 0.05) is 38.8 Å². The summed E-state index contributed by atoms with van der Waals surface area (Å²) in [4.78, 5) is 18.6. The maximum absolute atomic E-state index is 12.9. The van der Waals surface area contributed by atoms with Crippen molar-refractivity contribution in [3.63, 3.8) is 0 Å². The number of hydrogen-bond acceptors (Lipinski definition) is 6. The first-order valence-electron chi connectivity index (χ1n) is 8.59. The largest absolute Gasteiger partial charge is 0.383 e. The number of rotatable bonds is 5. The number of carbonyl (C=O) groups is 1. The highest BCUT2D eigenvalue weighted by molar-refractivity contribution is 7.06. The number of nitrogens with zero attached hydrogens (tertiary/aromatic N) is 4. The maximum atomic E-state index is 12.9. The molecular weight excluding hydrogens is 312 g/mol. The van der Waals surface area contributed by atoms with Gasteiger partial charge in [-0.1, -0.05) is 4.49 Å². The molecule has 3 fully saturated rings. The summed E-state index contributed by atoms with van der Waals surface area (Å²) in [7, 11) is 1.75. The third-order valence-corrected chi connectivity index (χ3v) is 6.48. The Bertz CT molecular complexity index is 588. The van der Waals surface area contributed by atoms with Crippen LogP contribution in [-0.4, -0.2) is 70.7 Å². The van der Waals surface area contributed by atoms with Gasteiger partial charge in [-0.15, -0.1) is 5.10 Å². The highest BCUT2D eigenvalue weighted by Gasteiger charge is 2.48. The second kappa shape index (κ2) is 6.11. The van der Waals surface area contributed by atoms with Crippen LogP contribution in [0.3, 0.4) is 0 Å². The van der Waals surface area contributed by atoms with E-state index in [1.165, 1.54) is 37.2 Å². The summed E-state index contributed by atoms with van der Waals surface area (Å²) in [5, 5.41) is 4.16. The number of aromatic nitrogens is 2. The van der Waals surface area contributed by atoms with Gasteiger partial charge < -0.3 is 9.64 Å². The van der Waals surface area contributed by atoms with E-state index < -0.39 is 0 Å². The molecule has 1 aromatic rings. The summed E-state index contributed by atoms with van der Waals surface area (Å²) in [6.45, 7) is 4.52. The van der Waals surface area contributed by atoms with E-state index in [1.807, 2.05) is 4.90 Å². The van der Waals surface area contributed by atoms with Crippen LogP contribution in [-0.2, 0) is 4.74 Å². The van der Waals surface area contributed by atoms with Crippen LogP contribution in [0.1, 0.15) is 53.4 Å². The smallest absolute Gasteiger partial charge is 0.275 e. The highest BCUT2D eigenvalue weighted by Crippen LogP contribution is 2.44. The summed E-state index contributed by atoms with van der Waals surface area (Å²) in [5.41, 5.74) is 0.799. The van der Waals surface area contributed by atoms with E-state index in [2.05, 4.69) is 14.5 Å². The predicted molar refractivity (Wildman–Crippen MR) is 87.8 cm³/mol. The van der Waals surface area contributed by atoms with Gasteiger partial charge in [-0.25, -0.2) is 0 Å². The Kier molecular flexibility index (Phi) is 4.11. The van der Waals surface area contributed by atoms with Crippen molar-refractivity contribution in [2.45, 2.75) is 43.6 Å². The number of amides is 1. The first kappa shape index (κ1) is 15.5. The SMILES string of the molecule is COCCN1CC[C@@]12CCCN(C(=O)c1nnsc1C1CC1)C2. The van der Waals surface area contributed by atoms with Gasteiger partial charge in [-0.05, 0) is 49.6 Å². The van der Waals surface area contributed by atoms with Crippen LogP contribution in [0.25, 0.3) is 0 Å². The lowest BCUT2D eigenvalue weighted by molar-refractivity contribution is -0.0680. The minimum Gasteiger partial charge on any atom is -0.383 e. The quantitative estimate of drug-likeness (QED) is 0.820. The van der Waals surface area contributed by atoms with E-state index >= 15 is 0 Å². The molecule has 23 heavy (non-hydrogen) atoms. The molecule has 1 aromatic heterocycles. The van der Waals surface area contributed by atoms with Crippen molar-refractivity contribution in [1.82, 2.24) is 19.4 Å². The Morgan fingerprint density at radius 3 is 2.96 bits per heavy atom. The van der Waals surface area contributed by atoms with Crippen LogP contribution in [0.4, 0.5) is 0 Å². The number of carbonyl (C=O) groups excluding carboxylic acids is 1. The van der Waals surface area contributed by atoms with E-state index in [1.54, 1.807) is 7.11 Å². The summed E-state index contributed by atoms with van der Waals surface area (Å²) in [6.07, 6.45) is 5.81. The number of methoxy groups -OCH3 is 1. The molecule has 0 aromatic carbocycles. The van der Waals surface area contributed by atoms with Crippen molar-refractivity contribution in [1.29, 1.82) is 0 Å². The molecule has 2 aliphatic heterocycles. The molecule has 1 amide bonds. The normalized spacial score (nSPS) is 28.1. The highest BCUT2D eigenvalue weighted by atomic mass is 32.1. The number of likely N-dealkylation sites (tertiary alicyclic amines) is 2. The number of ether oxygens (including phenoxy) is 1. The summed E-state index contributed by atoms with van der Waals surface area (Å²) in [5.74, 6) is 0.632. The Morgan fingerprint density at radius 2 is 2.26 bits per heavy atom.